The first-order valence-electron chi connectivity index (χ1n) is 9.62. The summed E-state index contributed by atoms with van der Waals surface area (Å²) in [4.78, 5) is 17.4. The molecule has 2 aliphatic rings. The van der Waals surface area contributed by atoms with Crippen LogP contribution in [-0.2, 0) is 14.8 Å². The number of nitrogens with zero attached hydrogens (tertiary/aromatic N) is 3. The number of rotatable bonds is 5. The van der Waals surface area contributed by atoms with Crippen LogP contribution in [0.15, 0.2) is 42.9 Å². The van der Waals surface area contributed by atoms with E-state index >= 15 is 0 Å². The monoisotopic (exact) mass is 399 g/mol. The van der Waals surface area contributed by atoms with Gasteiger partial charge in [0, 0.05) is 25.4 Å². The highest BCUT2D eigenvalue weighted by atomic mass is 32.2. The second kappa shape index (κ2) is 7.29. The molecule has 1 saturated heterocycles. The number of hydrogen-bond acceptors (Lipinski definition) is 4. The summed E-state index contributed by atoms with van der Waals surface area (Å²) in [6.45, 7) is 2.94. The lowest BCUT2D eigenvalue weighted by Crippen LogP contribution is -2.39. The highest BCUT2D eigenvalue weighted by Crippen LogP contribution is 2.44. The van der Waals surface area contributed by atoms with Crippen LogP contribution in [0.25, 0.3) is 11.1 Å². The van der Waals surface area contributed by atoms with Gasteiger partial charge >= 0.3 is 0 Å². The lowest BCUT2D eigenvalue weighted by Gasteiger charge is -2.30. The molecule has 0 amide bonds. The number of sulfonamides is 1. The number of ketones is 1. The van der Waals surface area contributed by atoms with E-state index in [1.54, 1.807) is 6.33 Å². The Bertz CT molecular complexity index is 1020. The van der Waals surface area contributed by atoms with E-state index in [2.05, 4.69) is 28.6 Å². The standard InChI is InChI=1S/C21H25N3O3S/c1-15-19-13-22-14-24(19)18(21(15)17-6-4-3-5-7-17)12-20(25)16-8-10-23(11-9-16)28(2,26)27/h3-7,13-14,16,18H,8-12H2,1-2H3. The van der Waals surface area contributed by atoms with Gasteiger partial charge in [-0.25, -0.2) is 17.7 Å². The van der Waals surface area contributed by atoms with Crippen molar-refractivity contribution in [3.05, 3.63) is 54.1 Å². The molecule has 2 aromatic rings. The predicted octanol–water partition coefficient (Wildman–Crippen LogP) is 3.00. The third-order valence-electron chi connectivity index (χ3n) is 5.98. The third kappa shape index (κ3) is 3.44. The molecule has 1 unspecified atom stereocenters. The molecule has 0 N–H and O–H groups in total. The Morgan fingerprint density at radius 1 is 1.18 bits per heavy atom. The first-order valence-corrected chi connectivity index (χ1v) is 11.5. The van der Waals surface area contributed by atoms with Crippen molar-refractivity contribution >= 4 is 27.0 Å². The zero-order chi connectivity index (χ0) is 19.9. The Balaban J connectivity index is 1.54. The number of benzene rings is 1. The van der Waals surface area contributed by atoms with Gasteiger partial charge in [0.25, 0.3) is 0 Å². The van der Waals surface area contributed by atoms with Crippen LogP contribution in [0.2, 0.25) is 0 Å². The third-order valence-corrected chi connectivity index (χ3v) is 7.28. The maximum absolute atomic E-state index is 13.1. The van der Waals surface area contributed by atoms with Crippen LogP contribution in [0, 0.1) is 5.92 Å². The zero-order valence-electron chi connectivity index (χ0n) is 16.2. The molecule has 1 aromatic heterocycles. The highest BCUT2D eigenvalue weighted by Gasteiger charge is 2.35. The number of imidazole rings is 1. The average molecular weight is 400 g/mol. The quantitative estimate of drug-likeness (QED) is 0.775. The van der Waals surface area contributed by atoms with Gasteiger partial charge in [-0.05, 0) is 36.5 Å². The minimum Gasteiger partial charge on any atom is -0.323 e. The average Bonchev–Trinajstić information content (AvgIpc) is 3.25. The normalized spacial score (nSPS) is 21.1. The topological polar surface area (TPSA) is 72.3 Å². The zero-order valence-corrected chi connectivity index (χ0v) is 17.0. The molecular formula is C21H25N3O3S. The van der Waals surface area contributed by atoms with E-state index in [1.807, 2.05) is 24.4 Å². The molecule has 4 rings (SSSR count). The van der Waals surface area contributed by atoms with Gasteiger partial charge in [0.15, 0.2) is 0 Å². The summed E-state index contributed by atoms with van der Waals surface area (Å²) in [7, 11) is -3.18. The largest absolute Gasteiger partial charge is 0.323 e. The Kier molecular flexibility index (Phi) is 4.97. The molecule has 28 heavy (non-hydrogen) atoms. The van der Waals surface area contributed by atoms with Gasteiger partial charge < -0.3 is 4.57 Å². The van der Waals surface area contributed by atoms with Crippen LogP contribution >= 0.6 is 0 Å². The van der Waals surface area contributed by atoms with Crippen molar-refractivity contribution in [2.45, 2.75) is 32.2 Å². The van der Waals surface area contributed by atoms with Crippen molar-refractivity contribution < 1.29 is 13.2 Å². The summed E-state index contributed by atoms with van der Waals surface area (Å²) in [6.07, 6.45) is 6.49. The van der Waals surface area contributed by atoms with E-state index in [1.165, 1.54) is 16.1 Å². The van der Waals surface area contributed by atoms with E-state index in [9.17, 15) is 13.2 Å². The molecule has 148 valence electrons. The van der Waals surface area contributed by atoms with Gasteiger partial charge in [-0.1, -0.05) is 30.3 Å². The number of carbonyl (C=O) groups is 1. The fraction of sp³-hybridized carbons (Fsp3) is 0.429. The van der Waals surface area contributed by atoms with Gasteiger partial charge in [0.1, 0.15) is 5.78 Å². The van der Waals surface area contributed by atoms with E-state index < -0.39 is 10.0 Å². The van der Waals surface area contributed by atoms with Gasteiger partial charge in [-0.15, -0.1) is 0 Å². The molecule has 1 aromatic carbocycles. The van der Waals surface area contributed by atoms with Crippen LogP contribution < -0.4 is 0 Å². The van der Waals surface area contributed by atoms with Crippen molar-refractivity contribution in [1.29, 1.82) is 0 Å². The minimum atomic E-state index is -3.18. The molecule has 2 aliphatic heterocycles. The van der Waals surface area contributed by atoms with Crippen molar-refractivity contribution in [3.63, 3.8) is 0 Å². The molecule has 0 spiro atoms. The number of piperidine rings is 1. The van der Waals surface area contributed by atoms with E-state index in [0.29, 0.717) is 32.4 Å². The van der Waals surface area contributed by atoms with E-state index in [0.717, 1.165) is 16.8 Å². The first kappa shape index (κ1) is 19.1. The van der Waals surface area contributed by atoms with Crippen LogP contribution in [0.5, 0.6) is 0 Å². The molecule has 1 atom stereocenters. The molecule has 7 heteroatoms. The Labute approximate surface area is 165 Å². The fourth-order valence-electron chi connectivity index (χ4n) is 4.46. The predicted molar refractivity (Wildman–Crippen MR) is 109 cm³/mol. The number of fused-ring (bicyclic) bond motifs is 1. The smallest absolute Gasteiger partial charge is 0.211 e. The van der Waals surface area contributed by atoms with Gasteiger partial charge in [-0.2, -0.15) is 0 Å². The Morgan fingerprint density at radius 3 is 2.50 bits per heavy atom. The SMILES string of the molecule is CC1=C(c2ccccc2)C(CC(=O)C2CCN(S(C)(=O)=O)CC2)n2cncc21. The maximum atomic E-state index is 13.1. The van der Waals surface area contributed by atoms with Crippen molar-refractivity contribution in [2.24, 2.45) is 5.92 Å². The summed E-state index contributed by atoms with van der Waals surface area (Å²) >= 11 is 0. The molecule has 0 radical (unpaired) electrons. The van der Waals surface area contributed by atoms with Crippen molar-refractivity contribution in [3.8, 4) is 0 Å². The van der Waals surface area contributed by atoms with Crippen LogP contribution in [0.4, 0.5) is 0 Å². The number of carbonyl (C=O) groups excluding carboxylic acids is 1. The van der Waals surface area contributed by atoms with Gasteiger partial charge in [-0.3, -0.25) is 4.79 Å². The number of hydrogen-bond donors (Lipinski definition) is 0. The van der Waals surface area contributed by atoms with Crippen LogP contribution in [0.1, 0.15) is 43.5 Å². The molecule has 0 aliphatic carbocycles. The molecule has 0 saturated carbocycles. The van der Waals surface area contributed by atoms with Gasteiger partial charge in [0.05, 0.1) is 30.5 Å². The fourth-order valence-corrected chi connectivity index (χ4v) is 5.34. The van der Waals surface area contributed by atoms with Crippen LogP contribution in [0.3, 0.4) is 0 Å². The lowest BCUT2D eigenvalue weighted by molar-refractivity contribution is -0.124. The summed E-state index contributed by atoms with van der Waals surface area (Å²) in [5.74, 6) is 0.129. The number of aromatic nitrogens is 2. The van der Waals surface area contributed by atoms with Crippen LogP contribution in [-0.4, -0.2) is 47.4 Å². The second-order valence-corrected chi connectivity index (χ2v) is 9.70. The van der Waals surface area contributed by atoms with Gasteiger partial charge in [0.2, 0.25) is 10.0 Å². The molecular weight excluding hydrogens is 374 g/mol. The van der Waals surface area contributed by atoms with E-state index in [4.69, 9.17) is 0 Å². The Hall–Kier alpha value is -2.25. The summed E-state index contributed by atoms with van der Waals surface area (Å²) in [5.41, 5.74) is 4.53. The van der Waals surface area contributed by atoms with Crippen molar-refractivity contribution in [2.75, 3.05) is 19.3 Å². The number of Topliss-reactive ketones (excluding diaryl/α,β-unsaturated/α-hetero) is 1. The van der Waals surface area contributed by atoms with Crippen molar-refractivity contribution in [1.82, 2.24) is 13.9 Å². The second-order valence-electron chi connectivity index (χ2n) is 7.71. The number of allylic oxidation sites excluding steroid dienone is 2. The highest BCUT2D eigenvalue weighted by molar-refractivity contribution is 7.88. The lowest BCUT2D eigenvalue weighted by atomic mass is 9.86. The molecule has 0 bridgehead atoms. The summed E-state index contributed by atoms with van der Waals surface area (Å²) in [6, 6.07) is 10.1. The van der Waals surface area contributed by atoms with E-state index in [-0.39, 0.29) is 17.7 Å². The summed E-state index contributed by atoms with van der Waals surface area (Å²) in [5, 5.41) is 0. The Morgan fingerprint density at radius 2 is 1.86 bits per heavy atom. The first-order chi connectivity index (χ1) is 13.4. The molecule has 1 fully saturated rings. The molecule has 3 heterocycles. The molecule has 6 nitrogen and oxygen atoms in total. The maximum Gasteiger partial charge on any atom is 0.211 e. The minimum absolute atomic E-state index is 0.0552. The summed E-state index contributed by atoms with van der Waals surface area (Å²) < 4.78 is 27.0.